The fourth-order valence-electron chi connectivity index (χ4n) is 2.46. The lowest BCUT2D eigenvalue weighted by Gasteiger charge is -2.21. The first kappa shape index (κ1) is 14.2. The summed E-state index contributed by atoms with van der Waals surface area (Å²) < 4.78 is 11.0. The average molecular weight is 265 g/mol. The Morgan fingerprint density at radius 2 is 2.32 bits per heavy atom. The van der Waals surface area contributed by atoms with E-state index in [4.69, 9.17) is 9.47 Å². The molecule has 2 rings (SSSR count). The molecule has 0 aliphatic carbocycles. The van der Waals surface area contributed by atoms with Crippen LogP contribution in [0.1, 0.15) is 25.3 Å². The van der Waals surface area contributed by atoms with Gasteiger partial charge in [-0.05, 0) is 32.9 Å². The van der Waals surface area contributed by atoms with E-state index in [1.54, 1.807) is 6.07 Å². The third kappa shape index (κ3) is 3.85. The average Bonchev–Trinajstić information content (AvgIpc) is 2.87. The monoisotopic (exact) mass is 265 g/mol. The zero-order chi connectivity index (χ0) is 13.7. The van der Waals surface area contributed by atoms with Crippen LogP contribution in [0.5, 0.6) is 11.5 Å². The van der Waals surface area contributed by atoms with Gasteiger partial charge in [-0.25, -0.2) is 0 Å². The Hall–Kier alpha value is -1.26. The van der Waals surface area contributed by atoms with Crippen LogP contribution in [0.15, 0.2) is 18.2 Å². The van der Waals surface area contributed by atoms with Crippen molar-refractivity contribution in [1.82, 2.24) is 4.90 Å². The molecule has 1 saturated heterocycles. The van der Waals surface area contributed by atoms with Crippen LogP contribution in [0, 0.1) is 0 Å². The van der Waals surface area contributed by atoms with Crippen molar-refractivity contribution in [2.45, 2.75) is 32.4 Å². The van der Waals surface area contributed by atoms with E-state index in [2.05, 4.69) is 11.9 Å². The molecule has 0 amide bonds. The Morgan fingerprint density at radius 1 is 1.47 bits per heavy atom. The molecule has 4 nitrogen and oxygen atoms in total. The number of hydrogen-bond donors (Lipinski definition) is 1. The number of ether oxygens (including phenoxy) is 2. The van der Waals surface area contributed by atoms with Crippen LogP contribution in [0.25, 0.3) is 0 Å². The lowest BCUT2D eigenvalue weighted by molar-refractivity contribution is 0.0790. The summed E-state index contributed by atoms with van der Waals surface area (Å²) in [5.41, 5.74) is 0.895. The van der Waals surface area contributed by atoms with E-state index in [1.165, 1.54) is 0 Å². The summed E-state index contributed by atoms with van der Waals surface area (Å²) in [5, 5.41) is 10.1. The van der Waals surface area contributed by atoms with Crippen molar-refractivity contribution in [2.75, 3.05) is 26.8 Å². The number of aromatic hydroxyl groups is 1. The van der Waals surface area contributed by atoms with E-state index in [9.17, 15) is 5.11 Å². The number of phenolic OH excluding ortho intramolecular Hbond substituents is 1. The van der Waals surface area contributed by atoms with Gasteiger partial charge in [-0.1, -0.05) is 12.1 Å². The molecule has 4 heteroatoms. The number of benzene rings is 1. The maximum Gasteiger partial charge on any atom is 0.162 e. The molecule has 1 unspecified atom stereocenters. The maximum absolute atomic E-state index is 10.1. The summed E-state index contributed by atoms with van der Waals surface area (Å²) in [4.78, 5) is 2.18. The van der Waals surface area contributed by atoms with Crippen molar-refractivity contribution >= 4 is 0 Å². The van der Waals surface area contributed by atoms with E-state index in [0.717, 1.165) is 31.6 Å². The Kier molecular flexibility index (Phi) is 5.05. The lowest BCUT2D eigenvalue weighted by atomic mass is 10.1. The first-order valence-electron chi connectivity index (χ1n) is 6.94. The third-order valence-electron chi connectivity index (χ3n) is 3.36. The van der Waals surface area contributed by atoms with Gasteiger partial charge in [0.1, 0.15) is 0 Å². The Balaban J connectivity index is 1.95. The van der Waals surface area contributed by atoms with Crippen molar-refractivity contribution in [3.63, 3.8) is 0 Å². The van der Waals surface area contributed by atoms with Gasteiger partial charge in [-0.15, -0.1) is 0 Å². The molecule has 1 aliphatic rings. The van der Waals surface area contributed by atoms with Gasteiger partial charge in [0.25, 0.3) is 0 Å². The minimum atomic E-state index is 0.253. The molecule has 1 aromatic rings. The number of nitrogens with zero attached hydrogens (tertiary/aromatic N) is 1. The van der Waals surface area contributed by atoms with Crippen LogP contribution >= 0.6 is 0 Å². The van der Waals surface area contributed by atoms with Gasteiger partial charge in [-0.3, -0.25) is 4.90 Å². The van der Waals surface area contributed by atoms with Gasteiger partial charge in [0.2, 0.25) is 0 Å². The van der Waals surface area contributed by atoms with Crippen LogP contribution in [-0.4, -0.2) is 42.9 Å². The minimum absolute atomic E-state index is 0.253. The first-order chi connectivity index (χ1) is 9.20. The highest BCUT2D eigenvalue weighted by atomic mass is 16.5. The lowest BCUT2D eigenvalue weighted by Crippen LogP contribution is -2.28. The zero-order valence-corrected chi connectivity index (χ0v) is 11.8. The van der Waals surface area contributed by atoms with Crippen molar-refractivity contribution in [2.24, 2.45) is 0 Å². The SMILES string of the molecule is CCOc1cccc(CN(C)CC2CCCO2)c1O. The minimum Gasteiger partial charge on any atom is -0.504 e. The molecule has 0 aromatic heterocycles. The summed E-state index contributed by atoms with van der Waals surface area (Å²) >= 11 is 0. The highest BCUT2D eigenvalue weighted by Gasteiger charge is 2.18. The van der Waals surface area contributed by atoms with E-state index in [1.807, 2.05) is 19.1 Å². The smallest absolute Gasteiger partial charge is 0.162 e. The molecule has 1 fully saturated rings. The van der Waals surface area contributed by atoms with Gasteiger partial charge < -0.3 is 14.6 Å². The number of hydrogen-bond acceptors (Lipinski definition) is 4. The van der Waals surface area contributed by atoms with Crippen LogP contribution in [-0.2, 0) is 11.3 Å². The second-order valence-corrected chi connectivity index (χ2v) is 5.03. The molecule has 1 aliphatic heterocycles. The van der Waals surface area contributed by atoms with Gasteiger partial charge in [-0.2, -0.15) is 0 Å². The normalized spacial score (nSPS) is 19.0. The Labute approximate surface area is 114 Å². The first-order valence-corrected chi connectivity index (χ1v) is 6.94. The predicted octanol–water partition coefficient (Wildman–Crippen LogP) is 2.40. The summed E-state index contributed by atoms with van der Waals surface area (Å²) in [6, 6.07) is 5.65. The van der Waals surface area contributed by atoms with E-state index < -0.39 is 0 Å². The summed E-state index contributed by atoms with van der Waals surface area (Å²) in [6.07, 6.45) is 2.63. The molecule has 1 heterocycles. The quantitative estimate of drug-likeness (QED) is 0.857. The maximum atomic E-state index is 10.1. The predicted molar refractivity (Wildman–Crippen MR) is 74.6 cm³/mol. The van der Waals surface area contributed by atoms with Crippen LogP contribution in [0.2, 0.25) is 0 Å². The van der Waals surface area contributed by atoms with Crippen molar-refractivity contribution in [3.05, 3.63) is 23.8 Å². The highest BCUT2D eigenvalue weighted by molar-refractivity contribution is 5.45. The van der Waals surface area contributed by atoms with Gasteiger partial charge >= 0.3 is 0 Å². The fraction of sp³-hybridized carbons (Fsp3) is 0.600. The molecular weight excluding hydrogens is 242 g/mol. The largest absolute Gasteiger partial charge is 0.504 e. The summed E-state index contributed by atoms with van der Waals surface area (Å²) in [7, 11) is 2.05. The summed E-state index contributed by atoms with van der Waals surface area (Å²) in [6.45, 7) is 4.95. The highest BCUT2D eigenvalue weighted by Crippen LogP contribution is 2.30. The fourth-order valence-corrected chi connectivity index (χ4v) is 2.46. The Morgan fingerprint density at radius 3 is 3.00 bits per heavy atom. The molecule has 0 bridgehead atoms. The number of phenols is 1. The molecule has 19 heavy (non-hydrogen) atoms. The van der Waals surface area contributed by atoms with Crippen LogP contribution in [0.3, 0.4) is 0 Å². The summed E-state index contributed by atoms with van der Waals surface area (Å²) in [5.74, 6) is 0.814. The van der Waals surface area contributed by atoms with Gasteiger partial charge in [0.15, 0.2) is 11.5 Å². The molecule has 1 N–H and O–H groups in total. The van der Waals surface area contributed by atoms with Crippen LogP contribution in [0.4, 0.5) is 0 Å². The molecule has 0 saturated carbocycles. The van der Waals surface area contributed by atoms with E-state index in [0.29, 0.717) is 25.0 Å². The Bertz CT molecular complexity index is 402. The molecule has 1 aromatic carbocycles. The number of rotatable bonds is 6. The third-order valence-corrected chi connectivity index (χ3v) is 3.36. The molecule has 1 atom stereocenters. The standard InChI is InChI=1S/C15H23NO3/c1-3-18-14-8-4-6-12(15(14)17)10-16(2)11-13-7-5-9-19-13/h4,6,8,13,17H,3,5,7,9-11H2,1-2H3. The van der Waals surface area contributed by atoms with Crippen molar-refractivity contribution in [1.29, 1.82) is 0 Å². The molecule has 0 radical (unpaired) electrons. The zero-order valence-electron chi connectivity index (χ0n) is 11.8. The molecule has 106 valence electrons. The number of para-hydroxylation sites is 1. The second kappa shape index (κ2) is 6.78. The van der Waals surface area contributed by atoms with Crippen molar-refractivity contribution in [3.8, 4) is 11.5 Å². The van der Waals surface area contributed by atoms with E-state index >= 15 is 0 Å². The van der Waals surface area contributed by atoms with Gasteiger partial charge in [0.05, 0.1) is 12.7 Å². The van der Waals surface area contributed by atoms with E-state index in [-0.39, 0.29) is 5.75 Å². The van der Waals surface area contributed by atoms with Gasteiger partial charge in [0, 0.05) is 25.3 Å². The second-order valence-electron chi connectivity index (χ2n) is 5.03. The molecular formula is C15H23NO3. The van der Waals surface area contributed by atoms with Crippen LogP contribution < -0.4 is 4.74 Å². The molecule has 0 spiro atoms. The number of likely N-dealkylation sites (N-methyl/N-ethyl adjacent to an activating group) is 1. The topological polar surface area (TPSA) is 41.9 Å². The van der Waals surface area contributed by atoms with Crippen molar-refractivity contribution < 1.29 is 14.6 Å².